The summed E-state index contributed by atoms with van der Waals surface area (Å²) in [6.07, 6.45) is 5.61. The van der Waals surface area contributed by atoms with E-state index in [0.717, 1.165) is 43.0 Å². The first kappa shape index (κ1) is 18.5. The van der Waals surface area contributed by atoms with Gasteiger partial charge in [0, 0.05) is 49.2 Å². The Hall–Kier alpha value is -3.55. The number of amides is 1. The van der Waals surface area contributed by atoms with Crippen LogP contribution in [0.5, 0.6) is 11.5 Å². The lowest BCUT2D eigenvalue weighted by Crippen LogP contribution is -2.38. The minimum absolute atomic E-state index is 0.0795. The number of H-pyrrole nitrogens is 1. The molecule has 0 saturated carbocycles. The Labute approximate surface area is 174 Å². The molecule has 2 N–H and O–H groups in total. The van der Waals surface area contributed by atoms with Gasteiger partial charge in [0.05, 0.1) is 5.69 Å². The average Bonchev–Trinajstić information content (AvgIpc) is 3.48. The van der Waals surface area contributed by atoms with Crippen molar-refractivity contribution in [3.05, 3.63) is 54.4 Å². The van der Waals surface area contributed by atoms with Crippen molar-refractivity contribution in [1.29, 1.82) is 0 Å². The van der Waals surface area contributed by atoms with Gasteiger partial charge >= 0.3 is 0 Å². The van der Waals surface area contributed by atoms with Gasteiger partial charge in [0.15, 0.2) is 17.3 Å². The number of piperidine rings is 1. The minimum atomic E-state index is -0.0795. The molecule has 0 aliphatic carbocycles. The Morgan fingerprint density at radius 3 is 2.87 bits per heavy atom. The van der Waals surface area contributed by atoms with Gasteiger partial charge < -0.3 is 19.7 Å². The van der Waals surface area contributed by atoms with Crippen LogP contribution in [0.2, 0.25) is 0 Å². The Morgan fingerprint density at radius 1 is 1.17 bits per heavy atom. The molecule has 0 unspecified atom stereocenters. The van der Waals surface area contributed by atoms with Gasteiger partial charge in [0.25, 0.3) is 5.91 Å². The summed E-state index contributed by atoms with van der Waals surface area (Å²) in [5, 5.41) is 10.6. The summed E-state index contributed by atoms with van der Waals surface area (Å²) in [5.74, 6) is 2.64. The topological polar surface area (TPSA) is 92.4 Å². The lowest BCUT2D eigenvalue weighted by molar-refractivity contribution is 0.0944. The molecule has 0 radical (unpaired) electrons. The van der Waals surface area contributed by atoms with E-state index in [-0.39, 0.29) is 12.7 Å². The molecule has 2 aliphatic heterocycles. The van der Waals surface area contributed by atoms with Gasteiger partial charge in [-0.1, -0.05) is 0 Å². The number of carbonyl (C=O) groups excluding carboxylic acids is 1. The van der Waals surface area contributed by atoms with E-state index in [1.165, 1.54) is 0 Å². The van der Waals surface area contributed by atoms with Gasteiger partial charge in [-0.05, 0) is 49.1 Å². The minimum Gasteiger partial charge on any atom is -0.454 e. The quantitative estimate of drug-likeness (QED) is 0.678. The zero-order valence-electron chi connectivity index (χ0n) is 16.5. The molecule has 2 aromatic heterocycles. The van der Waals surface area contributed by atoms with Crippen molar-refractivity contribution in [3.8, 4) is 22.8 Å². The summed E-state index contributed by atoms with van der Waals surface area (Å²) in [4.78, 5) is 18.9. The highest BCUT2D eigenvalue weighted by Crippen LogP contribution is 2.32. The molecule has 8 nitrogen and oxygen atoms in total. The van der Waals surface area contributed by atoms with E-state index in [1.807, 2.05) is 18.3 Å². The van der Waals surface area contributed by atoms with Crippen molar-refractivity contribution < 1.29 is 14.3 Å². The molecule has 154 valence electrons. The fourth-order valence-corrected chi connectivity index (χ4v) is 3.89. The zero-order valence-corrected chi connectivity index (χ0v) is 16.5. The zero-order chi connectivity index (χ0) is 20.3. The number of ether oxygens (including phenoxy) is 2. The van der Waals surface area contributed by atoms with Crippen LogP contribution >= 0.6 is 0 Å². The maximum atomic E-state index is 12.5. The lowest BCUT2D eigenvalue weighted by Gasteiger charge is -2.32. The van der Waals surface area contributed by atoms with Crippen LogP contribution in [0, 0.1) is 5.92 Å². The number of hydrogen-bond acceptors (Lipinski definition) is 6. The summed E-state index contributed by atoms with van der Waals surface area (Å²) in [5.41, 5.74) is 2.59. The predicted octanol–water partition coefficient (Wildman–Crippen LogP) is 2.85. The number of rotatable bonds is 5. The Kier molecular flexibility index (Phi) is 4.96. The van der Waals surface area contributed by atoms with Crippen LogP contribution in [-0.4, -0.2) is 47.5 Å². The molecule has 30 heavy (non-hydrogen) atoms. The van der Waals surface area contributed by atoms with Crippen molar-refractivity contribution in [2.75, 3.05) is 31.3 Å². The number of nitrogens with one attached hydrogen (secondary N) is 2. The summed E-state index contributed by atoms with van der Waals surface area (Å²) in [6, 6.07) is 11.3. The first-order valence-corrected chi connectivity index (χ1v) is 10.1. The van der Waals surface area contributed by atoms with Crippen LogP contribution in [0.4, 0.5) is 5.82 Å². The Morgan fingerprint density at radius 2 is 2.03 bits per heavy atom. The molecule has 5 rings (SSSR count). The fraction of sp³-hybridized carbons (Fsp3) is 0.318. The second-order valence-corrected chi connectivity index (χ2v) is 7.59. The smallest absolute Gasteiger partial charge is 0.251 e. The van der Waals surface area contributed by atoms with Crippen molar-refractivity contribution in [3.63, 3.8) is 0 Å². The average molecular weight is 405 g/mol. The first-order chi connectivity index (χ1) is 14.8. The van der Waals surface area contributed by atoms with Crippen LogP contribution in [-0.2, 0) is 0 Å². The molecule has 0 atom stereocenters. The van der Waals surface area contributed by atoms with Crippen LogP contribution < -0.4 is 19.7 Å². The van der Waals surface area contributed by atoms with Crippen molar-refractivity contribution in [2.45, 2.75) is 12.8 Å². The summed E-state index contributed by atoms with van der Waals surface area (Å²) < 4.78 is 10.6. The molecule has 4 heterocycles. The van der Waals surface area contributed by atoms with Crippen LogP contribution in [0.15, 0.2) is 48.8 Å². The van der Waals surface area contributed by atoms with E-state index in [0.29, 0.717) is 29.5 Å². The number of nitrogens with zero attached hydrogens (tertiary/aromatic N) is 3. The third kappa shape index (κ3) is 3.80. The molecular formula is C22H23N5O3. The van der Waals surface area contributed by atoms with E-state index < -0.39 is 0 Å². The predicted molar refractivity (Wildman–Crippen MR) is 112 cm³/mol. The first-order valence-electron chi connectivity index (χ1n) is 10.1. The molecule has 1 amide bonds. The van der Waals surface area contributed by atoms with Gasteiger partial charge in [-0.3, -0.25) is 14.9 Å². The molecule has 8 heteroatoms. The molecule has 1 fully saturated rings. The third-order valence-corrected chi connectivity index (χ3v) is 5.66. The third-order valence-electron chi connectivity index (χ3n) is 5.66. The molecule has 0 bridgehead atoms. The Balaban J connectivity index is 1.12. The number of aromatic nitrogens is 3. The molecule has 1 aromatic carbocycles. The standard InChI is InChI=1S/C22H23N5O3/c28-22(16-3-4-19-20(10-16)30-14-29-19)24-12-15-5-8-27(9-6-15)21-11-18(25-26-21)17-2-1-7-23-13-17/h1-4,7,10-11,13,15H,5-6,8-9,12,14H2,(H,24,28)(H,25,26). The number of fused-ring (bicyclic) bond motifs is 1. The number of aromatic amines is 1. The van der Waals surface area contributed by atoms with Gasteiger partial charge in [-0.15, -0.1) is 0 Å². The molecule has 2 aliphatic rings. The summed E-state index contributed by atoms with van der Waals surface area (Å²) in [7, 11) is 0. The number of pyridine rings is 1. The van der Waals surface area contributed by atoms with E-state index >= 15 is 0 Å². The highest BCUT2D eigenvalue weighted by atomic mass is 16.7. The number of hydrogen-bond donors (Lipinski definition) is 2. The van der Waals surface area contributed by atoms with Gasteiger partial charge in [0.1, 0.15) is 0 Å². The van der Waals surface area contributed by atoms with E-state index in [2.05, 4.69) is 31.5 Å². The molecular weight excluding hydrogens is 382 g/mol. The van der Waals surface area contributed by atoms with Crippen molar-refractivity contribution in [1.82, 2.24) is 20.5 Å². The molecule has 1 saturated heterocycles. The normalized spacial score (nSPS) is 15.9. The number of carbonyl (C=O) groups is 1. The highest BCUT2D eigenvalue weighted by Gasteiger charge is 2.22. The molecule has 3 aromatic rings. The van der Waals surface area contributed by atoms with Crippen LogP contribution in [0.1, 0.15) is 23.2 Å². The fourth-order valence-electron chi connectivity index (χ4n) is 3.89. The van der Waals surface area contributed by atoms with E-state index in [9.17, 15) is 4.79 Å². The van der Waals surface area contributed by atoms with E-state index in [4.69, 9.17) is 9.47 Å². The largest absolute Gasteiger partial charge is 0.454 e. The van der Waals surface area contributed by atoms with E-state index in [1.54, 1.807) is 24.4 Å². The SMILES string of the molecule is O=C(NCC1CCN(c2cc(-c3cccnc3)[nH]n2)CC1)c1ccc2c(c1)OCO2. The second-order valence-electron chi connectivity index (χ2n) is 7.59. The van der Waals surface area contributed by atoms with Gasteiger partial charge in [-0.2, -0.15) is 5.10 Å². The number of anilines is 1. The lowest BCUT2D eigenvalue weighted by atomic mass is 9.96. The van der Waals surface area contributed by atoms with Crippen molar-refractivity contribution in [2.24, 2.45) is 5.92 Å². The van der Waals surface area contributed by atoms with Gasteiger partial charge in [-0.25, -0.2) is 0 Å². The van der Waals surface area contributed by atoms with Crippen LogP contribution in [0.25, 0.3) is 11.3 Å². The number of benzene rings is 1. The Bertz CT molecular complexity index is 1030. The van der Waals surface area contributed by atoms with Crippen LogP contribution in [0.3, 0.4) is 0 Å². The van der Waals surface area contributed by atoms with Gasteiger partial charge in [0.2, 0.25) is 6.79 Å². The monoisotopic (exact) mass is 405 g/mol. The maximum Gasteiger partial charge on any atom is 0.251 e. The van der Waals surface area contributed by atoms with Crippen molar-refractivity contribution >= 4 is 11.7 Å². The summed E-state index contributed by atoms with van der Waals surface area (Å²) >= 11 is 0. The highest BCUT2D eigenvalue weighted by molar-refractivity contribution is 5.94. The maximum absolute atomic E-state index is 12.5. The summed E-state index contributed by atoms with van der Waals surface area (Å²) in [6.45, 7) is 2.71. The second kappa shape index (κ2) is 8.06. The molecule has 0 spiro atoms.